The molecule has 4 nitrogen and oxygen atoms in total. The van der Waals surface area contributed by atoms with Crippen LogP contribution in [0.2, 0.25) is 0 Å². The lowest BCUT2D eigenvalue weighted by Gasteiger charge is -2.09. The molecule has 1 unspecified atom stereocenters. The van der Waals surface area contributed by atoms with Crippen molar-refractivity contribution in [1.29, 1.82) is 10.5 Å². The molecule has 0 N–H and O–H groups in total. The molecular weight excluding hydrogens is 276 g/mol. The summed E-state index contributed by atoms with van der Waals surface area (Å²) in [5, 5.41) is 18.0. The molecule has 2 rings (SSSR count). The number of ketones is 1. The monoisotopic (exact) mass is 290 g/mol. The van der Waals surface area contributed by atoms with E-state index < -0.39 is 5.92 Å². The Morgan fingerprint density at radius 2 is 1.73 bits per heavy atom. The maximum absolute atomic E-state index is 12.1. The maximum atomic E-state index is 12.1. The zero-order valence-electron chi connectivity index (χ0n) is 11.9. The number of Topliss-reactive ketones (excluding diaryl/α,β-unsaturated/α-hetero) is 1. The van der Waals surface area contributed by atoms with E-state index in [4.69, 9.17) is 10.00 Å². The number of hydrogen-bond donors (Lipinski definition) is 0. The Morgan fingerprint density at radius 1 is 1.05 bits per heavy atom. The normalized spacial score (nSPS) is 11.2. The molecule has 0 aliphatic carbocycles. The first-order chi connectivity index (χ1) is 10.7. The first kappa shape index (κ1) is 15.4. The van der Waals surface area contributed by atoms with Crippen molar-refractivity contribution in [2.24, 2.45) is 0 Å². The molecule has 0 spiro atoms. The predicted molar refractivity (Wildman–Crippen MR) is 80.6 cm³/mol. The molecule has 108 valence electrons. The minimum atomic E-state index is -0.872. The van der Waals surface area contributed by atoms with Gasteiger partial charge in [0.2, 0.25) is 0 Å². The summed E-state index contributed by atoms with van der Waals surface area (Å²) in [4.78, 5) is 12.1. The molecule has 0 aliphatic rings. The molecular formula is C18H14N2O2. The van der Waals surface area contributed by atoms with E-state index in [2.05, 4.69) is 0 Å². The number of nitriles is 2. The highest BCUT2D eigenvalue weighted by atomic mass is 16.5. The van der Waals surface area contributed by atoms with Gasteiger partial charge in [0.25, 0.3) is 0 Å². The Bertz CT molecular complexity index is 709. The summed E-state index contributed by atoms with van der Waals surface area (Å²) < 4.78 is 5.38. The Kier molecular flexibility index (Phi) is 5.43. The fourth-order valence-corrected chi connectivity index (χ4v) is 2.01. The molecule has 0 amide bonds. The second-order valence-electron chi connectivity index (χ2n) is 4.74. The number of carbonyl (C=O) groups excluding carboxylic acids is 1. The van der Waals surface area contributed by atoms with Gasteiger partial charge in [-0.05, 0) is 23.3 Å². The van der Waals surface area contributed by atoms with Crippen LogP contribution in [0.1, 0.15) is 22.6 Å². The fraction of sp³-hybridized carbons (Fsp3) is 0.167. The topological polar surface area (TPSA) is 73.9 Å². The van der Waals surface area contributed by atoms with Crippen LogP contribution in [0, 0.1) is 22.7 Å². The van der Waals surface area contributed by atoms with E-state index in [1.165, 1.54) is 0 Å². The third-order valence-electron chi connectivity index (χ3n) is 3.18. The van der Waals surface area contributed by atoms with Crippen molar-refractivity contribution < 1.29 is 9.53 Å². The fourth-order valence-electron chi connectivity index (χ4n) is 2.01. The molecule has 0 aromatic heterocycles. The van der Waals surface area contributed by atoms with Crippen LogP contribution in [0.3, 0.4) is 0 Å². The van der Waals surface area contributed by atoms with E-state index in [9.17, 15) is 10.1 Å². The molecule has 2 aromatic carbocycles. The van der Waals surface area contributed by atoms with E-state index in [0.717, 1.165) is 5.56 Å². The highest BCUT2D eigenvalue weighted by Crippen LogP contribution is 2.17. The van der Waals surface area contributed by atoms with Crippen LogP contribution in [-0.2, 0) is 16.1 Å². The third-order valence-corrected chi connectivity index (χ3v) is 3.18. The van der Waals surface area contributed by atoms with Gasteiger partial charge in [-0.15, -0.1) is 0 Å². The second kappa shape index (κ2) is 7.73. The third kappa shape index (κ3) is 4.02. The standard InChI is InChI=1S/C18H14N2O2/c19-10-14-6-8-16(9-7-14)17(11-20)18(21)13-22-12-15-4-2-1-3-5-15/h1-9,17H,12-13H2. The minimum absolute atomic E-state index is 0.118. The molecule has 22 heavy (non-hydrogen) atoms. The quantitative estimate of drug-likeness (QED) is 0.819. The molecule has 0 fully saturated rings. The van der Waals surface area contributed by atoms with Gasteiger partial charge in [-0.3, -0.25) is 4.79 Å². The molecule has 2 aromatic rings. The summed E-state index contributed by atoms with van der Waals surface area (Å²) in [6.07, 6.45) is 0. The van der Waals surface area contributed by atoms with Gasteiger partial charge in [-0.2, -0.15) is 10.5 Å². The van der Waals surface area contributed by atoms with Crippen LogP contribution < -0.4 is 0 Å². The number of benzene rings is 2. The molecule has 0 saturated carbocycles. The first-order valence-corrected chi connectivity index (χ1v) is 6.78. The summed E-state index contributed by atoms with van der Waals surface area (Å²) in [6, 6.07) is 20.0. The van der Waals surface area contributed by atoms with Gasteiger partial charge in [0, 0.05) is 0 Å². The van der Waals surface area contributed by atoms with Crippen molar-refractivity contribution in [3.63, 3.8) is 0 Å². The number of nitrogens with zero attached hydrogens (tertiary/aromatic N) is 2. The van der Waals surface area contributed by atoms with Crippen LogP contribution in [0.4, 0.5) is 0 Å². The molecule has 0 aliphatic heterocycles. The zero-order chi connectivity index (χ0) is 15.8. The van der Waals surface area contributed by atoms with Gasteiger partial charge in [0.15, 0.2) is 5.78 Å². The average Bonchev–Trinajstić information content (AvgIpc) is 2.57. The Morgan fingerprint density at radius 3 is 2.32 bits per heavy atom. The Balaban J connectivity index is 1.94. The molecule has 0 radical (unpaired) electrons. The van der Waals surface area contributed by atoms with Gasteiger partial charge in [-0.1, -0.05) is 42.5 Å². The van der Waals surface area contributed by atoms with Gasteiger partial charge >= 0.3 is 0 Å². The predicted octanol–water partition coefficient (Wildman–Crippen LogP) is 2.95. The molecule has 1 atom stereocenters. The van der Waals surface area contributed by atoms with Crippen molar-refractivity contribution in [1.82, 2.24) is 0 Å². The summed E-state index contributed by atoms with van der Waals surface area (Å²) >= 11 is 0. The van der Waals surface area contributed by atoms with Crippen LogP contribution in [-0.4, -0.2) is 12.4 Å². The Labute approximate surface area is 129 Å². The lowest BCUT2D eigenvalue weighted by Crippen LogP contribution is -2.17. The van der Waals surface area contributed by atoms with Gasteiger partial charge in [0.05, 0.1) is 24.3 Å². The number of carbonyl (C=O) groups is 1. The van der Waals surface area contributed by atoms with Crippen LogP contribution in [0.25, 0.3) is 0 Å². The van der Waals surface area contributed by atoms with Crippen LogP contribution in [0.15, 0.2) is 54.6 Å². The molecule has 0 bridgehead atoms. The highest BCUT2D eigenvalue weighted by molar-refractivity contribution is 5.89. The first-order valence-electron chi connectivity index (χ1n) is 6.78. The van der Waals surface area contributed by atoms with E-state index in [0.29, 0.717) is 17.7 Å². The largest absolute Gasteiger partial charge is 0.369 e. The summed E-state index contributed by atoms with van der Waals surface area (Å²) in [7, 11) is 0. The van der Waals surface area contributed by atoms with Crippen molar-refractivity contribution >= 4 is 5.78 Å². The summed E-state index contributed by atoms with van der Waals surface area (Å²) in [6.45, 7) is 0.214. The lowest BCUT2D eigenvalue weighted by molar-refractivity contribution is -0.124. The van der Waals surface area contributed by atoms with Crippen LogP contribution >= 0.6 is 0 Å². The number of rotatable bonds is 6. The van der Waals surface area contributed by atoms with Gasteiger partial charge in [0.1, 0.15) is 12.5 Å². The smallest absolute Gasteiger partial charge is 0.180 e. The SMILES string of the molecule is N#Cc1ccc(C(C#N)C(=O)COCc2ccccc2)cc1. The highest BCUT2D eigenvalue weighted by Gasteiger charge is 2.20. The molecule has 0 heterocycles. The maximum Gasteiger partial charge on any atom is 0.180 e. The molecule has 4 heteroatoms. The van der Waals surface area contributed by atoms with Crippen LogP contribution in [0.5, 0.6) is 0 Å². The van der Waals surface area contributed by atoms with Crippen molar-refractivity contribution in [3.8, 4) is 12.1 Å². The Hall–Kier alpha value is -2.95. The summed E-state index contributed by atoms with van der Waals surface area (Å²) in [5.74, 6) is -1.16. The average molecular weight is 290 g/mol. The minimum Gasteiger partial charge on any atom is -0.369 e. The number of ether oxygens (including phenoxy) is 1. The lowest BCUT2D eigenvalue weighted by atomic mass is 9.96. The zero-order valence-corrected chi connectivity index (χ0v) is 11.9. The summed E-state index contributed by atoms with van der Waals surface area (Å²) in [5.41, 5.74) is 2.05. The molecule has 0 saturated heterocycles. The number of hydrogen-bond acceptors (Lipinski definition) is 4. The van der Waals surface area contributed by atoms with Gasteiger partial charge in [-0.25, -0.2) is 0 Å². The van der Waals surface area contributed by atoms with E-state index in [1.54, 1.807) is 24.3 Å². The second-order valence-corrected chi connectivity index (χ2v) is 4.74. The van der Waals surface area contributed by atoms with E-state index >= 15 is 0 Å². The van der Waals surface area contributed by atoms with E-state index in [1.807, 2.05) is 42.5 Å². The van der Waals surface area contributed by atoms with Gasteiger partial charge < -0.3 is 4.74 Å². The van der Waals surface area contributed by atoms with Crippen molar-refractivity contribution in [2.75, 3.05) is 6.61 Å². The van der Waals surface area contributed by atoms with Crippen molar-refractivity contribution in [2.45, 2.75) is 12.5 Å². The van der Waals surface area contributed by atoms with Crippen molar-refractivity contribution in [3.05, 3.63) is 71.3 Å². The van der Waals surface area contributed by atoms with E-state index in [-0.39, 0.29) is 12.4 Å².